The van der Waals surface area contributed by atoms with Crippen LogP contribution in [0.3, 0.4) is 0 Å². The summed E-state index contributed by atoms with van der Waals surface area (Å²) < 4.78 is 60.4. The molecule has 2 amide bonds. The summed E-state index contributed by atoms with van der Waals surface area (Å²) in [5.74, 6) is -1.22. The molecular weight excluding hydrogens is 809 g/mol. The number of phosphoric acid groups is 3. The first-order valence-corrected chi connectivity index (χ1v) is 21.1. The summed E-state index contributed by atoms with van der Waals surface area (Å²) >= 11 is 1.05. The van der Waals surface area contributed by atoms with Gasteiger partial charge < -0.3 is 74.8 Å². The molecular formula is C25H40N8O17P3S-3. The summed E-state index contributed by atoms with van der Waals surface area (Å²) in [4.78, 5) is 95.5. The standard InChI is InChI=1S/C25H43N8O17P3S/c1-13(26)8-16(35)54-7-6-28-15(34)4-5-29-23(38)20(37)25(2,3)10-47-53(44,45)50-52(42,43)46-9-14-19(49-51(39,40)41)18(36)24(48-14)33-12-32-17-21(27)30-11-31-22(17)33/h11-14,18-20,24,36-37H,4-10,26H2,1-3H3,(H,28,34)(H,29,38)(H,42,43)(H,44,45)(H2,27,30,31)(H2,39,40,41)/p-3/t13?,14-,18-,19-,20+,24-/m1/s1. The molecule has 2 aromatic heterocycles. The number of hydrogen-bond acceptors (Lipinski definition) is 22. The molecule has 8 atom stereocenters. The number of carbonyl (C=O) groups is 3. The number of quaternary nitrogens is 1. The number of carbonyl (C=O) groups excluding carboxylic acids is 3. The fraction of sp³-hybridized carbons (Fsp3) is 0.680. The number of nitrogen functional groups attached to an aromatic ring is 1. The Morgan fingerprint density at radius 3 is 2.43 bits per heavy atom. The lowest BCUT2D eigenvalue weighted by Gasteiger charge is -2.36. The van der Waals surface area contributed by atoms with Crippen molar-refractivity contribution in [3.05, 3.63) is 12.7 Å². The van der Waals surface area contributed by atoms with Crippen molar-refractivity contribution in [1.29, 1.82) is 0 Å². The molecule has 3 heterocycles. The lowest BCUT2D eigenvalue weighted by molar-refractivity contribution is -0.412. The Morgan fingerprint density at radius 1 is 1.11 bits per heavy atom. The average Bonchev–Trinajstić information content (AvgIpc) is 3.60. The number of aromatic nitrogens is 4. The van der Waals surface area contributed by atoms with Crippen molar-refractivity contribution in [2.24, 2.45) is 5.41 Å². The summed E-state index contributed by atoms with van der Waals surface area (Å²) in [5, 5.41) is 26.1. The smallest absolute Gasteiger partial charge is 0.274 e. The maximum atomic E-state index is 12.5. The fourth-order valence-corrected chi connectivity index (χ4v) is 8.19. The molecule has 9 N–H and O–H groups in total. The molecule has 54 heavy (non-hydrogen) atoms. The number of nitrogens with zero attached hydrogens (tertiary/aromatic N) is 4. The summed E-state index contributed by atoms with van der Waals surface area (Å²) in [6.07, 6.45) is -7.29. The first-order valence-electron chi connectivity index (χ1n) is 15.7. The van der Waals surface area contributed by atoms with Crippen LogP contribution in [0.2, 0.25) is 0 Å². The van der Waals surface area contributed by atoms with Crippen molar-refractivity contribution in [3.63, 3.8) is 0 Å². The van der Waals surface area contributed by atoms with Crippen LogP contribution in [0, 0.1) is 5.41 Å². The topological polar surface area (TPSA) is 403 Å². The van der Waals surface area contributed by atoms with E-state index < -0.39 is 84.6 Å². The molecule has 0 aliphatic carbocycles. The number of phosphoric ester groups is 3. The minimum Gasteiger partial charge on any atom is -0.790 e. The van der Waals surface area contributed by atoms with Gasteiger partial charge in [-0.2, -0.15) is 0 Å². The first-order chi connectivity index (χ1) is 24.9. The van der Waals surface area contributed by atoms with Gasteiger partial charge in [0, 0.05) is 30.7 Å². The number of fused-ring (bicyclic) bond motifs is 1. The monoisotopic (exact) mass is 849 g/mol. The minimum atomic E-state index is -5.91. The Bertz CT molecular complexity index is 1780. The van der Waals surface area contributed by atoms with Crippen LogP contribution in [0.25, 0.3) is 11.2 Å². The number of aliphatic hydroxyl groups is 2. The van der Waals surface area contributed by atoms with Crippen LogP contribution in [0.15, 0.2) is 12.7 Å². The van der Waals surface area contributed by atoms with E-state index in [-0.39, 0.29) is 47.6 Å². The SMILES string of the molecule is CC([NH3+])CC(=O)SCCNC(=O)CCNC(=O)[C@H](O)C(C)(C)COP(=O)([O-])OP(=O)([O-])OC[C@H]1O[C@@H](n2cnc3c(N)ncnc32)[C@H](O)[C@@H]1OP(=O)([O-])[O-]. The molecule has 1 saturated heterocycles. The largest absolute Gasteiger partial charge is 0.790 e. The zero-order chi connectivity index (χ0) is 40.6. The van der Waals surface area contributed by atoms with E-state index in [0.717, 1.165) is 29.0 Å². The van der Waals surface area contributed by atoms with Crippen LogP contribution in [-0.4, -0.2) is 109 Å². The number of rotatable bonds is 21. The van der Waals surface area contributed by atoms with E-state index in [9.17, 15) is 57.9 Å². The van der Waals surface area contributed by atoms with Gasteiger partial charge in [-0.25, -0.2) is 19.3 Å². The van der Waals surface area contributed by atoms with Crippen molar-refractivity contribution >= 4 is 69.1 Å². The molecule has 3 rings (SSSR count). The summed E-state index contributed by atoms with van der Waals surface area (Å²) in [7, 11) is -17.6. The number of ether oxygens (including phenoxy) is 1. The number of nitrogens with two attached hydrogens (primary N) is 1. The predicted molar refractivity (Wildman–Crippen MR) is 175 cm³/mol. The number of amides is 2. The van der Waals surface area contributed by atoms with Gasteiger partial charge in [0.15, 0.2) is 22.8 Å². The molecule has 0 aromatic carbocycles. The second kappa shape index (κ2) is 19.1. The molecule has 3 unspecified atom stereocenters. The predicted octanol–water partition coefficient (Wildman–Crippen LogP) is -4.84. The highest BCUT2D eigenvalue weighted by Gasteiger charge is 2.47. The molecule has 306 valence electrons. The van der Waals surface area contributed by atoms with Crippen molar-refractivity contribution < 1.29 is 86.2 Å². The van der Waals surface area contributed by atoms with Gasteiger partial charge in [0.1, 0.15) is 36.3 Å². The van der Waals surface area contributed by atoms with Crippen molar-refractivity contribution in [2.45, 2.75) is 70.3 Å². The van der Waals surface area contributed by atoms with Gasteiger partial charge in [-0.15, -0.1) is 0 Å². The van der Waals surface area contributed by atoms with Crippen LogP contribution in [0.4, 0.5) is 5.82 Å². The van der Waals surface area contributed by atoms with Gasteiger partial charge in [0.05, 0.1) is 39.8 Å². The fourth-order valence-electron chi connectivity index (χ4n) is 4.62. The van der Waals surface area contributed by atoms with Gasteiger partial charge in [0.25, 0.3) is 15.6 Å². The maximum absolute atomic E-state index is 12.5. The zero-order valence-electron chi connectivity index (χ0n) is 28.9. The van der Waals surface area contributed by atoms with Crippen LogP contribution >= 0.6 is 35.2 Å². The molecule has 1 aliphatic heterocycles. The Morgan fingerprint density at radius 2 is 1.78 bits per heavy atom. The quantitative estimate of drug-likeness (QED) is 0.0507. The van der Waals surface area contributed by atoms with Gasteiger partial charge in [-0.05, 0) is 6.92 Å². The van der Waals surface area contributed by atoms with Crippen molar-refractivity contribution in [2.75, 3.05) is 37.8 Å². The summed E-state index contributed by atoms with van der Waals surface area (Å²) in [6, 6.07) is -0.0383. The number of hydrogen-bond donors (Lipinski definition) is 6. The number of imidazole rings is 1. The Kier molecular flexibility index (Phi) is 16.2. The number of anilines is 1. The van der Waals surface area contributed by atoms with E-state index >= 15 is 0 Å². The van der Waals surface area contributed by atoms with E-state index in [1.165, 1.54) is 13.8 Å². The van der Waals surface area contributed by atoms with Crippen molar-refractivity contribution in [1.82, 2.24) is 30.2 Å². The molecule has 0 radical (unpaired) electrons. The molecule has 1 fully saturated rings. The van der Waals surface area contributed by atoms with E-state index in [1.807, 2.05) is 0 Å². The Labute approximate surface area is 311 Å². The summed E-state index contributed by atoms with van der Waals surface area (Å²) in [5.41, 5.74) is 7.79. The van der Waals surface area contributed by atoms with E-state index in [4.69, 9.17) is 10.5 Å². The average molecular weight is 850 g/mol. The lowest BCUT2D eigenvalue weighted by atomic mass is 9.87. The van der Waals surface area contributed by atoms with Gasteiger partial charge in [-0.3, -0.25) is 28.1 Å². The third kappa shape index (κ3) is 13.9. The molecule has 0 spiro atoms. The highest BCUT2D eigenvalue weighted by Crippen LogP contribution is 2.56. The molecule has 0 saturated carbocycles. The van der Waals surface area contributed by atoms with Crippen molar-refractivity contribution in [3.8, 4) is 0 Å². The summed E-state index contributed by atoms with van der Waals surface area (Å²) in [6.45, 7) is 1.89. The van der Waals surface area contributed by atoms with Crippen LogP contribution in [-0.2, 0) is 50.7 Å². The number of thioether (sulfide) groups is 1. The zero-order valence-corrected chi connectivity index (χ0v) is 32.4. The molecule has 25 nitrogen and oxygen atoms in total. The third-order valence-electron chi connectivity index (χ3n) is 7.26. The second-order valence-electron chi connectivity index (χ2n) is 12.5. The Balaban J connectivity index is 1.51. The van der Waals surface area contributed by atoms with Gasteiger partial charge >= 0.3 is 0 Å². The van der Waals surface area contributed by atoms with Crippen LogP contribution in [0.1, 0.15) is 39.8 Å². The molecule has 0 bridgehead atoms. The van der Waals surface area contributed by atoms with Crippen LogP contribution in [0.5, 0.6) is 0 Å². The molecule has 2 aromatic rings. The van der Waals surface area contributed by atoms with Gasteiger partial charge in [-0.1, -0.05) is 25.6 Å². The molecule has 29 heteroatoms. The first kappa shape index (κ1) is 45.9. The van der Waals surface area contributed by atoms with Crippen LogP contribution < -0.4 is 41.7 Å². The number of nitrogens with one attached hydrogen (secondary N) is 2. The van der Waals surface area contributed by atoms with Gasteiger partial charge in [0.2, 0.25) is 11.8 Å². The van der Waals surface area contributed by atoms with E-state index in [0.29, 0.717) is 12.2 Å². The van der Waals surface area contributed by atoms with E-state index in [2.05, 4.69) is 49.2 Å². The Hall–Kier alpha value is -2.48. The number of aliphatic hydroxyl groups excluding tert-OH is 2. The normalized spacial score (nSPS) is 22.6. The second-order valence-corrected chi connectivity index (χ2v) is 17.7. The minimum absolute atomic E-state index is 0.0219. The molecule has 1 aliphatic rings. The highest BCUT2D eigenvalue weighted by molar-refractivity contribution is 8.13. The maximum Gasteiger partial charge on any atom is 0.274 e. The van der Waals surface area contributed by atoms with E-state index in [1.54, 1.807) is 6.92 Å². The third-order valence-corrected chi connectivity index (χ3v) is 11.2. The highest BCUT2D eigenvalue weighted by atomic mass is 32.2. The lowest BCUT2D eigenvalue weighted by Crippen LogP contribution is -2.59.